The Morgan fingerprint density at radius 1 is 0.810 bits per heavy atom. The van der Waals surface area contributed by atoms with Crippen LogP contribution >= 0.6 is 12.4 Å². The van der Waals surface area contributed by atoms with Crippen molar-refractivity contribution in [3.63, 3.8) is 0 Å². The summed E-state index contributed by atoms with van der Waals surface area (Å²) in [6.45, 7) is 12.4. The maximum Gasteiger partial charge on any atom is 0.178 e. The van der Waals surface area contributed by atoms with Crippen LogP contribution in [0.3, 0.4) is 0 Å². The monoisotopic (exact) mass is 325 g/mol. The first kappa shape index (κ1) is 21.1. The summed E-state index contributed by atoms with van der Waals surface area (Å²) in [5.74, 6) is -0.719. The molecule has 0 saturated carbocycles. The zero-order valence-electron chi connectivity index (χ0n) is 14.6. The van der Waals surface area contributed by atoms with Gasteiger partial charge in [0.2, 0.25) is 0 Å². The molecule has 0 amide bonds. The fourth-order valence-corrected chi connectivity index (χ4v) is 3.31. The number of nitrogens with one attached hydrogen (secondary N) is 1. The summed E-state index contributed by atoms with van der Waals surface area (Å²) in [6.07, 6.45) is 0.794. The van der Waals surface area contributed by atoms with Gasteiger partial charge in [-0.2, -0.15) is 0 Å². The second-order valence-electron chi connectivity index (χ2n) is 7.00. The Balaban J connectivity index is 0.00000400. The van der Waals surface area contributed by atoms with E-state index < -0.39 is 5.79 Å². The van der Waals surface area contributed by atoms with Crippen molar-refractivity contribution in [2.45, 2.75) is 83.8 Å². The molecule has 1 fully saturated rings. The van der Waals surface area contributed by atoms with Crippen LogP contribution in [0.5, 0.6) is 0 Å². The Morgan fingerprint density at radius 2 is 1.14 bits per heavy atom. The van der Waals surface area contributed by atoms with Gasteiger partial charge in [-0.05, 0) is 41.5 Å². The zero-order chi connectivity index (χ0) is 15.6. The second-order valence-corrected chi connectivity index (χ2v) is 7.00. The maximum atomic E-state index is 6.11. The molecule has 1 N–H and O–H groups in total. The Hall–Kier alpha value is 0.0900. The number of halogens is 1. The van der Waals surface area contributed by atoms with Crippen molar-refractivity contribution < 1.29 is 18.9 Å². The highest BCUT2D eigenvalue weighted by molar-refractivity contribution is 5.85. The van der Waals surface area contributed by atoms with Crippen LogP contribution in [0.15, 0.2) is 0 Å². The van der Waals surface area contributed by atoms with Gasteiger partial charge in [0.15, 0.2) is 18.4 Å². The summed E-state index contributed by atoms with van der Waals surface area (Å²) in [7, 11) is 3.27. The van der Waals surface area contributed by atoms with Crippen LogP contribution in [-0.2, 0) is 18.9 Å². The van der Waals surface area contributed by atoms with Crippen molar-refractivity contribution in [1.29, 1.82) is 0 Å². The van der Waals surface area contributed by atoms with Gasteiger partial charge < -0.3 is 24.3 Å². The van der Waals surface area contributed by atoms with E-state index in [1.54, 1.807) is 14.2 Å². The number of hydrogen-bond acceptors (Lipinski definition) is 5. The Bertz CT molecular complexity index is 293. The molecule has 1 aliphatic heterocycles. The molecule has 2 unspecified atom stereocenters. The number of ether oxygens (including phenoxy) is 4. The molecule has 1 aliphatic rings. The van der Waals surface area contributed by atoms with E-state index in [9.17, 15) is 0 Å². The molecule has 21 heavy (non-hydrogen) atoms. The van der Waals surface area contributed by atoms with Crippen LogP contribution in [0.1, 0.15) is 54.4 Å². The molecule has 0 radical (unpaired) electrons. The summed E-state index contributed by atoms with van der Waals surface area (Å²) < 4.78 is 22.7. The van der Waals surface area contributed by atoms with Crippen LogP contribution in [0, 0.1) is 0 Å². The number of methoxy groups -OCH3 is 2. The number of hydrogen-bond donors (Lipinski definition) is 1. The third-order valence-electron chi connectivity index (χ3n) is 3.52. The van der Waals surface area contributed by atoms with E-state index >= 15 is 0 Å². The van der Waals surface area contributed by atoms with E-state index in [0.29, 0.717) is 0 Å². The largest absolute Gasteiger partial charge is 0.356 e. The van der Waals surface area contributed by atoms with Crippen molar-refractivity contribution in [2.75, 3.05) is 14.2 Å². The summed E-state index contributed by atoms with van der Waals surface area (Å²) in [5.41, 5.74) is -0.189. The molecule has 0 aromatic carbocycles. The summed E-state index contributed by atoms with van der Waals surface area (Å²) in [5, 5.41) is 3.63. The van der Waals surface area contributed by atoms with E-state index in [0.717, 1.165) is 12.8 Å². The number of piperidine rings is 1. The number of rotatable bonds is 6. The molecule has 0 aromatic rings. The predicted molar refractivity (Wildman–Crippen MR) is 85.6 cm³/mol. The molecule has 5 nitrogen and oxygen atoms in total. The highest BCUT2D eigenvalue weighted by Crippen LogP contribution is 2.40. The third-order valence-corrected chi connectivity index (χ3v) is 3.52. The van der Waals surface area contributed by atoms with Gasteiger partial charge in [0.1, 0.15) is 0 Å². The molecule has 0 spiro atoms. The third kappa shape index (κ3) is 6.38. The molecule has 1 rings (SSSR count). The normalized spacial score (nSPS) is 25.7. The van der Waals surface area contributed by atoms with Gasteiger partial charge in [-0.15, -0.1) is 12.4 Å². The first-order chi connectivity index (χ1) is 9.03. The van der Waals surface area contributed by atoms with Crippen LogP contribution < -0.4 is 5.32 Å². The molecule has 1 heterocycles. The van der Waals surface area contributed by atoms with E-state index in [2.05, 4.69) is 33.0 Å². The molecule has 128 valence electrons. The van der Waals surface area contributed by atoms with Crippen molar-refractivity contribution >= 4 is 12.4 Å². The van der Waals surface area contributed by atoms with Crippen molar-refractivity contribution in [2.24, 2.45) is 0 Å². The molecule has 0 aromatic heterocycles. The van der Waals surface area contributed by atoms with Crippen LogP contribution in [0.25, 0.3) is 0 Å². The lowest BCUT2D eigenvalue weighted by Gasteiger charge is -2.53. The molecule has 1 saturated heterocycles. The summed E-state index contributed by atoms with van der Waals surface area (Å²) in [4.78, 5) is 0. The summed E-state index contributed by atoms with van der Waals surface area (Å²) >= 11 is 0. The zero-order valence-corrected chi connectivity index (χ0v) is 15.4. The van der Waals surface area contributed by atoms with Crippen LogP contribution in [0.4, 0.5) is 0 Å². The van der Waals surface area contributed by atoms with Gasteiger partial charge in [0.05, 0.1) is 0 Å². The Morgan fingerprint density at radius 3 is 1.43 bits per heavy atom. The highest BCUT2D eigenvalue weighted by atomic mass is 35.5. The maximum absolute atomic E-state index is 6.11. The lowest BCUT2D eigenvalue weighted by molar-refractivity contribution is -0.360. The highest BCUT2D eigenvalue weighted by Gasteiger charge is 2.50. The quantitative estimate of drug-likeness (QED) is 0.761. The van der Waals surface area contributed by atoms with E-state index in [4.69, 9.17) is 18.9 Å². The average molecular weight is 326 g/mol. The SMILES string of the molecule is COC(C)OC1(OC(C)OC)CC(C)(C)NC(C)(C)C1.Cl. The van der Waals surface area contributed by atoms with Crippen molar-refractivity contribution in [1.82, 2.24) is 5.32 Å². The minimum Gasteiger partial charge on any atom is -0.356 e. The first-order valence-electron chi connectivity index (χ1n) is 7.24. The van der Waals surface area contributed by atoms with Gasteiger partial charge in [0.25, 0.3) is 0 Å². The fraction of sp³-hybridized carbons (Fsp3) is 1.00. The van der Waals surface area contributed by atoms with Crippen LogP contribution in [0.2, 0.25) is 0 Å². The average Bonchev–Trinajstić information content (AvgIpc) is 2.23. The Kier molecular flexibility index (Phi) is 7.61. The van der Waals surface area contributed by atoms with Gasteiger partial charge >= 0.3 is 0 Å². The lowest BCUT2D eigenvalue weighted by atomic mass is 9.78. The minimum atomic E-state index is -0.719. The van der Waals surface area contributed by atoms with Gasteiger partial charge in [-0.1, -0.05) is 0 Å². The first-order valence-corrected chi connectivity index (χ1v) is 7.24. The van der Waals surface area contributed by atoms with Gasteiger partial charge in [0, 0.05) is 38.1 Å². The fourth-order valence-electron chi connectivity index (χ4n) is 3.31. The van der Waals surface area contributed by atoms with E-state index in [1.165, 1.54) is 0 Å². The Labute approximate surface area is 135 Å². The molecule has 2 atom stereocenters. The standard InChI is InChI=1S/C15H31NO4.ClH/c1-11(17-7)19-15(20-12(2)18-8)9-13(3,4)16-14(5,6)10-15;/h11-12,16H,9-10H2,1-8H3;1H. The molecular weight excluding hydrogens is 294 g/mol. The van der Waals surface area contributed by atoms with E-state index in [-0.39, 0.29) is 36.1 Å². The van der Waals surface area contributed by atoms with Crippen LogP contribution in [-0.4, -0.2) is 43.7 Å². The minimum absolute atomic E-state index is 0. The molecule has 0 aliphatic carbocycles. The molecule has 6 heteroatoms. The van der Waals surface area contributed by atoms with Crippen molar-refractivity contribution in [3.05, 3.63) is 0 Å². The van der Waals surface area contributed by atoms with Gasteiger partial charge in [-0.3, -0.25) is 0 Å². The smallest absolute Gasteiger partial charge is 0.178 e. The van der Waals surface area contributed by atoms with E-state index in [1.807, 2.05) is 13.8 Å². The second kappa shape index (κ2) is 7.57. The predicted octanol–water partition coefficient (Wildman–Crippen LogP) is 3.06. The molecule has 0 bridgehead atoms. The van der Waals surface area contributed by atoms with Gasteiger partial charge in [-0.25, -0.2) is 0 Å². The van der Waals surface area contributed by atoms with Crippen molar-refractivity contribution in [3.8, 4) is 0 Å². The summed E-state index contributed by atoms with van der Waals surface area (Å²) in [6, 6.07) is 0. The lowest BCUT2D eigenvalue weighted by Crippen LogP contribution is -2.65. The molecular formula is C15H32ClNO4. The topological polar surface area (TPSA) is 49.0 Å².